The Morgan fingerprint density at radius 1 is 1.20 bits per heavy atom. The van der Waals surface area contributed by atoms with E-state index in [4.69, 9.17) is 4.74 Å². The number of halogens is 2. The van der Waals surface area contributed by atoms with Crippen LogP contribution >= 0.6 is 0 Å². The van der Waals surface area contributed by atoms with Crippen LogP contribution in [0.15, 0.2) is 17.0 Å². The second-order valence-corrected chi connectivity index (χ2v) is 7.63. The number of sulfone groups is 1. The Balaban J connectivity index is 1.89. The molecule has 1 saturated carbocycles. The van der Waals surface area contributed by atoms with Gasteiger partial charge in [0.1, 0.15) is 11.9 Å². The van der Waals surface area contributed by atoms with Gasteiger partial charge >= 0.3 is 0 Å². The molecular formula is C14H16F2O3S. The van der Waals surface area contributed by atoms with E-state index in [0.717, 1.165) is 24.0 Å². The molecule has 0 heterocycles. The first-order valence-electron chi connectivity index (χ1n) is 6.65. The molecule has 3 nitrogen and oxygen atoms in total. The van der Waals surface area contributed by atoms with Crippen molar-refractivity contribution in [3.05, 3.63) is 23.3 Å². The summed E-state index contributed by atoms with van der Waals surface area (Å²) in [5.41, 5.74) is 1.68. The predicted octanol–water partition coefficient (Wildman–Crippen LogP) is 2.76. The lowest BCUT2D eigenvalue weighted by atomic mass is 9.91. The highest BCUT2D eigenvalue weighted by Crippen LogP contribution is 2.42. The molecule has 0 N–H and O–H groups in total. The van der Waals surface area contributed by atoms with E-state index in [1.165, 1.54) is 12.3 Å². The molecule has 2 aliphatic carbocycles. The van der Waals surface area contributed by atoms with Crippen LogP contribution in [0.4, 0.5) is 8.78 Å². The molecule has 20 heavy (non-hydrogen) atoms. The van der Waals surface area contributed by atoms with Crippen LogP contribution in [0.1, 0.15) is 30.4 Å². The van der Waals surface area contributed by atoms with Gasteiger partial charge in [-0.1, -0.05) is 0 Å². The fraction of sp³-hybridized carbons (Fsp3) is 0.571. The molecule has 0 amide bonds. The van der Waals surface area contributed by atoms with Gasteiger partial charge in [0.25, 0.3) is 5.92 Å². The number of benzene rings is 1. The summed E-state index contributed by atoms with van der Waals surface area (Å²) in [6.07, 6.45) is 2.55. The van der Waals surface area contributed by atoms with Crippen molar-refractivity contribution in [3.8, 4) is 5.75 Å². The number of hydrogen-bond donors (Lipinski definition) is 0. The number of fused-ring (bicyclic) bond motifs is 1. The highest BCUT2D eigenvalue weighted by atomic mass is 32.2. The van der Waals surface area contributed by atoms with Crippen molar-refractivity contribution >= 4 is 9.84 Å². The molecule has 1 aromatic carbocycles. The number of ether oxygens (including phenoxy) is 1. The fourth-order valence-electron chi connectivity index (χ4n) is 2.97. The standard InChI is InChI=1S/C14H16F2O3S/c1-20(17,18)13-6-5-12(10-3-2-4-11(10)13)19-9-7-14(15,16)8-9/h5-6,9H,2-4,7-8H2,1H3. The Morgan fingerprint density at radius 2 is 1.85 bits per heavy atom. The number of hydrogen-bond acceptors (Lipinski definition) is 3. The molecule has 1 fully saturated rings. The second-order valence-electron chi connectivity index (χ2n) is 5.65. The molecule has 0 unspecified atom stereocenters. The summed E-state index contributed by atoms with van der Waals surface area (Å²) in [5, 5.41) is 0. The fourth-order valence-corrected chi connectivity index (χ4v) is 3.96. The van der Waals surface area contributed by atoms with Crippen LogP contribution in [0.5, 0.6) is 5.75 Å². The lowest BCUT2D eigenvalue weighted by Gasteiger charge is -2.35. The molecule has 0 saturated heterocycles. The second kappa shape index (κ2) is 4.41. The normalized spacial score (nSPS) is 21.4. The van der Waals surface area contributed by atoms with Crippen molar-refractivity contribution in [2.24, 2.45) is 0 Å². The van der Waals surface area contributed by atoms with Gasteiger partial charge in [-0.3, -0.25) is 0 Å². The van der Waals surface area contributed by atoms with Gasteiger partial charge in [-0.15, -0.1) is 0 Å². The largest absolute Gasteiger partial charge is 0.490 e. The van der Waals surface area contributed by atoms with Crippen LogP contribution in [-0.2, 0) is 22.7 Å². The summed E-state index contributed by atoms with van der Waals surface area (Å²) in [6.45, 7) is 0. The van der Waals surface area contributed by atoms with Crippen LogP contribution in [0.3, 0.4) is 0 Å². The minimum absolute atomic E-state index is 0.254. The molecule has 0 radical (unpaired) electrons. The maximum atomic E-state index is 12.8. The van der Waals surface area contributed by atoms with Gasteiger partial charge in [-0.25, -0.2) is 17.2 Å². The predicted molar refractivity (Wildman–Crippen MR) is 70.2 cm³/mol. The summed E-state index contributed by atoms with van der Waals surface area (Å²) >= 11 is 0. The SMILES string of the molecule is CS(=O)(=O)c1ccc(OC2CC(F)(F)C2)c2c1CCC2. The molecule has 3 rings (SSSR count). The Bertz CT molecular complexity index is 645. The van der Waals surface area contributed by atoms with E-state index in [0.29, 0.717) is 17.1 Å². The zero-order valence-corrected chi connectivity index (χ0v) is 12.0. The quantitative estimate of drug-likeness (QED) is 0.862. The van der Waals surface area contributed by atoms with E-state index >= 15 is 0 Å². The van der Waals surface area contributed by atoms with Crippen molar-refractivity contribution in [1.29, 1.82) is 0 Å². The molecule has 0 aliphatic heterocycles. The van der Waals surface area contributed by atoms with E-state index in [-0.39, 0.29) is 12.8 Å². The molecule has 6 heteroatoms. The zero-order valence-electron chi connectivity index (χ0n) is 11.2. The summed E-state index contributed by atoms with van der Waals surface area (Å²) in [5.74, 6) is -2.04. The maximum Gasteiger partial charge on any atom is 0.255 e. The molecule has 110 valence electrons. The van der Waals surface area contributed by atoms with E-state index in [9.17, 15) is 17.2 Å². The monoisotopic (exact) mass is 302 g/mol. The third kappa shape index (κ3) is 2.41. The minimum atomic E-state index is -3.26. The molecule has 0 bridgehead atoms. The third-order valence-corrected chi connectivity index (χ3v) is 5.13. The van der Waals surface area contributed by atoms with Crippen LogP contribution in [0.25, 0.3) is 0 Å². The first-order valence-corrected chi connectivity index (χ1v) is 8.55. The van der Waals surface area contributed by atoms with Gasteiger partial charge in [0.15, 0.2) is 9.84 Å². The number of rotatable bonds is 3. The Labute approximate surface area is 116 Å². The first-order chi connectivity index (χ1) is 9.26. The molecule has 1 aromatic rings. The van der Waals surface area contributed by atoms with E-state index < -0.39 is 21.9 Å². The average molecular weight is 302 g/mol. The van der Waals surface area contributed by atoms with Crippen LogP contribution in [0.2, 0.25) is 0 Å². The molecule has 0 atom stereocenters. The van der Waals surface area contributed by atoms with Gasteiger partial charge in [0.05, 0.1) is 4.90 Å². The van der Waals surface area contributed by atoms with Gasteiger partial charge in [0.2, 0.25) is 0 Å². The Kier molecular flexibility index (Phi) is 3.04. The van der Waals surface area contributed by atoms with Gasteiger partial charge < -0.3 is 4.74 Å². The van der Waals surface area contributed by atoms with Crippen molar-refractivity contribution in [2.45, 2.75) is 49.0 Å². The lowest BCUT2D eigenvalue weighted by Crippen LogP contribution is -2.43. The van der Waals surface area contributed by atoms with E-state index in [1.807, 2.05) is 0 Å². The Hall–Kier alpha value is -1.17. The first kappa shape index (κ1) is 13.8. The molecule has 0 spiro atoms. The van der Waals surface area contributed by atoms with Gasteiger partial charge in [-0.2, -0.15) is 0 Å². The third-order valence-electron chi connectivity index (χ3n) is 3.94. The average Bonchev–Trinajstić information content (AvgIpc) is 2.74. The molecule has 0 aromatic heterocycles. The summed E-state index contributed by atoms with van der Waals surface area (Å²) < 4.78 is 54.8. The smallest absolute Gasteiger partial charge is 0.255 e. The highest BCUT2D eigenvalue weighted by Gasteiger charge is 2.47. The van der Waals surface area contributed by atoms with Crippen LogP contribution < -0.4 is 4.74 Å². The topological polar surface area (TPSA) is 43.4 Å². The molecular weight excluding hydrogens is 286 g/mol. The van der Waals surface area contributed by atoms with Crippen LogP contribution in [0, 0.1) is 0 Å². The van der Waals surface area contributed by atoms with Crippen molar-refractivity contribution in [3.63, 3.8) is 0 Å². The Morgan fingerprint density at radius 3 is 2.45 bits per heavy atom. The zero-order chi connectivity index (χ0) is 14.5. The van der Waals surface area contributed by atoms with Crippen molar-refractivity contribution in [2.75, 3.05) is 6.26 Å². The lowest BCUT2D eigenvalue weighted by molar-refractivity contribution is -0.134. The van der Waals surface area contributed by atoms with Crippen molar-refractivity contribution < 1.29 is 21.9 Å². The minimum Gasteiger partial charge on any atom is -0.490 e. The summed E-state index contributed by atoms with van der Waals surface area (Å²) in [6, 6.07) is 3.14. The van der Waals surface area contributed by atoms with Gasteiger partial charge in [-0.05, 0) is 42.5 Å². The number of alkyl halides is 2. The van der Waals surface area contributed by atoms with Crippen LogP contribution in [-0.4, -0.2) is 26.7 Å². The summed E-state index contributed by atoms with van der Waals surface area (Å²) in [7, 11) is -3.26. The summed E-state index contributed by atoms with van der Waals surface area (Å²) in [4.78, 5) is 0.344. The van der Waals surface area contributed by atoms with Gasteiger partial charge in [0, 0.05) is 19.1 Å². The maximum absolute atomic E-state index is 12.8. The molecule has 2 aliphatic rings. The van der Waals surface area contributed by atoms with E-state index in [1.54, 1.807) is 6.07 Å². The van der Waals surface area contributed by atoms with Crippen molar-refractivity contribution in [1.82, 2.24) is 0 Å². The van der Waals surface area contributed by atoms with E-state index in [2.05, 4.69) is 0 Å². The highest BCUT2D eigenvalue weighted by molar-refractivity contribution is 7.90.